The van der Waals surface area contributed by atoms with E-state index in [1.807, 2.05) is 6.07 Å². The largest absolute Gasteiger partial charge is 0.192 e. The molecule has 0 saturated heterocycles. The highest BCUT2D eigenvalue weighted by molar-refractivity contribution is 6.30. The lowest BCUT2D eigenvalue weighted by Crippen LogP contribution is -1.69. The summed E-state index contributed by atoms with van der Waals surface area (Å²) in [6, 6.07) is 8.75. The van der Waals surface area contributed by atoms with E-state index in [9.17, 15) is 0 Å². The molecule has 0 bridgehead atoms. The van der Waals surface area contributed by atoms with Gasteiger partial charge in [0.05, 0.1) is 11.6 Å². The summed E-state index contributed by atoms with van der Waals surface area (Å²) >= 11 is 5.56. The van der Waals surface area contributed by atoms with Gasteiger partial charge in [0.1, 0.15) is 0 Å². The Morgan fingerprint density at radius 2 is 1.78 bits per heavy atom. The van der Waals surface area contributed by atoms with Gasteiger partial charge in [-0.1, -0.05) is 11.6 Å². The molecule has 0 unspecified atom stereocenters. The lowest BCUT2D eigenvalue weighted by atomic mass is 10.0. The van der Waals surface area contributed by atoms with Crippen molar-refractivity contribution in [3.8, 4) is 6.07 Å². The minimum Gasteiger partial charge on any atom is -0.192 e. The SMILES string of the molecule is N#[11C]c1ccc(Cl)cc1. The molecule has 0 amide bonds. The molecule has 1 aromatic carbocycles. The molecular weight excluding hydrogens is 133 g/mol. The molecule has 0 aliphatic heterocycles. The molecule has 0 aliphatic rings. The Morgan fingerprint density at radius 3 is 2.22 bits per heavy atom. The van der Waals surface area contributed by atoms with Crippen molar-refractivity contribution in [2.75, 3.05) is 0 Å². The van der Waals surface area contributed by atoms with Crippen LogP contribution in [0.15, 0.2) is 24.3 Å². The molecule has 9 heavy (non-hydrogen) atoms. The number of rotatable bonds is 0. The molecule has 0 atom stereocenters. The molecule has 0 fully saturated rings. The second-order valence-corrected chi connectivity index (χ2v) is 2.06. The number of hydrogen-bond donors (Lipinski definition) is 0. The van der Waals surface area contributed by atoms with Gasteiger partial charge in [-0.3, -0.25) is 0 Å². The Kier molecular flexibility index (Phi) is 1.72. The smallest absolute Gasteiger partial charge is 0.0991 e. The average molecular weight is 137 g/mol. The Labute approximate surface area is 58.5 Å². The van der Waals surface area contributed by atoms with Crippen LogP contribution < -0.4 is 0 Å². The van der Waals surface area contributed by atoms with Gasteiger partial charge in [0.15, 0.2) is 0 Å². The Morgan fingerprint density at radius 1 is 1.22 bits per heavy atom. The summed E-state index contributed by atoms with van der Waals surface area (Å²) in [5, 5.41) is 9.00. The van der Waals surface area contributed by atoms with E-state index in [1.165, 1.54) is 0 Å². The number of nitrogens with zero attached hydrogens (tertiary/aromatic N) is 1. The minimum absolute atomic E-state index is 0.638. The number of benzene rings is 1. The van der Waals surface area contributed by atoms with E-state index in [1.54, 1.807) is 24.3 Å². The highest BCUT2D eigenvalue weighted by Gasteiger charge is 1.86. The van der Waals surface area contributed by atoms with Gasteiger partial charge >= 0.3 is 0 Å². The van der Waals surface area contributed by atoms with E-state index in [2.05, 4.69) is 0 Å². The van der Waals surface area contributed by atoms with Crippen LogP contribution in [0.25, 0.3) is 0 Å². The maximum atomic E-state index is 8.34. The van der Waals surface area contributed by atoms with Crippen LogP contribution in [-0.2, 0) is 0 Å². The first-order valence-corrected chi connectivity index (χ1v) is 2.86. The van der Waals surface area contributed by atoms with Gasteiger partial charge in [-0.25, -0.2) is 0 Å². The highest BCUT2D eigenvalue weighted by Crippen LogP contribution is 2.07. The lowest BCUT2D eigenvalue weighted by Gasteiger charge is -1.86. The predicted molar refractivity (Wildman–Crippen MR) is 36.2 cm³/mol. The first-order valence-electron chi connectivity index (χ1n) is 2.48. The maximum Gasteiger partial charge on any atom is 0.0991 e. The van der Waals surface area contributed by atoms with Crippen LogP contribution in [-0.4, -0.2) is 0 Å². The van der Waals surface area contributed by atoms with Gasteiger partial charge < -0.3 is 0 Å². The van der Waals surface area contributed by atoms with Crippen molar-refractivity contribution in [3.63, 3.8) is 0 Å². The van der Waals surface area contributed by atoms with E-state index in [4.69, 9.17) is 16.9 Å². The van der Waals surface area contributed by atoms with Crippen molar-refractivity contribution in [1.82, 2.24) is 0 Å². The lowest BCUT2D eigenvalue weighted by molar-refractivity contribution is 1.49. The molecule has 1 nitrogen and oxygen atoms in total. The van der Waals surface area contributed by atoms with Crippen molar-refractivity contribution in [2.24, 2.45) is 0 Å². The average Bonchev–Trinajstić information content (AvgIpc) is 1.90. The molecule has 44 valence electrons. The first kappa shape index (κ1) is 6.12. The van der Waals surface area contributed by atoms with Crippen molar-refractivity contribution >= 4 is 11.6 Å². The maximum absolute atomic E-state index is 8.34. The van der Waals surface area contributed by atoms with Crippen LogP contribution in [0, 0.1) is 11.3 Å². The normalized spacial score (nSPS) is 8.44. The van der Waals surface area contributed by atoms with Gasteiger partial charge in [0.25, 0.3) is 0 Å². The summed E-state index contributed by atoms with van der Waals surface area (Å²) in [5.74, 6) is 0. The topological polar surface area (TPSA) is 23.8 Å². The van der Waals surface area contributed by atoms with Crippen LogP contribution in [0.5, 0.6) is 0 Å². The third-order valence-electron chi connectivity index (χ3n) is 0.973. The molecule has 0 spiro atoms. The van der Waals surface area contributed by atoms with Crippen LogP contribution >= 0.6 is 11.6 Å². The van der Waals surface area contributed by atoms with Gasteiger partial charge in [-0.15, -0.1) is 0 Å². The molecule has 0 saturated carbocycles. The summed E-state index contributed by atoms with van der Waals surface area (Å²) in [5.41, 5.74) is 0.638. The van der Waals surface area contributed by atoms with Crippen LogP contribution in [0.3, 0.4) is 0 Å². The zero-order valence-corrected chi connectivity index (χ0v) is 5.39. The van der Waals surface area contributed by atoms with Gasteiger partial charge in [0.2, 0.25) is 0 Å². The van der Waals surface area contributed by atoms with E-state index < -0.39 is 0 Å². The Bertz CT molecular complexity index is 232. The van der Waals surface area contributed by atoms with Crippen molar-refractivity contribution in [3.05, 3.63) is 34.9 Å². The predicted octanol–water partition coefficient (Wildman–Crippen LogP) is 2.21. The summed E-state index contributed by atoms with van der Waals surface area (Å²) in [4.78, 5) is 0. The molecule has 0 aliphatic carbocycles. The minimum atomic E-state index is 0.638. The molecule has 1 rings (SSSR count). The molecule has 2 heteroatoms. The van der Waals surface area contributed by atoms with Crippen LogP contribution in [0.1, 0.15) is 5.56 Å². The fraction of sp³-hybridized carbons (Fsp3) is 0. The number of nitriles is 1. The monoisotopic (exact) mass is 136 g/mol. The Hall–Kier alpha value is -1.00. The summed E-state index contributed by atoms with van der Waals surface area (Å²) in [6.45, 7) is 0. The summed E-state index contributed by atoms with van der Waals surface area (Å²) < 4.78 is 0. The molecule has 0 N–H and O–H groups in total. The highest BCUT2D eigenvalue weighted by atomic mass is 35.5. The first-order chi connectivity index (χ1) is 4.33. The van der Waals surface area contributed by atoms with Crippen molar-refractivity contribution < 1.29 is 0 Å². The number of halogens is 1. The third-order valence-corrected chi connectivity index (χ3v) is 1.23. The van der Waals surface area contributed by atoms with Gasteiger partial charge in [0, 0.05) is 5.02 Å². The standard InChI is InChI=1S/C7H4ClN/c8-7-3-1-6(5-9)2-4-7/h1-4H/i5-1. The van der Waals surface area contributed by atoms with Gasteiger partial charge in [-0.2, -0.15) is 5.26 Å². The molecule has 0 aromatic heterocycles. The second-order valence-electron chi connectivity index (χ2n) is 1.62. The summed E-state index contributed by atoms with van der Waals surface area (Å²) in [7, 11) is 0. The third kappa shape index (κ3) is 1.45. The van der Waals surface area contributed by atoms with Crippen molar-refractivity contribution in [2.45, 2.75) is 0 Å². The zero-order chi connectivity index (χ0) is 6.69. The Balaban J connectivity index is 3.06. The number of hydrogen-bond acceptors (Lipinski definition) is 1. The fourth-order valence-electron chi connectivity index (χ4n) is 0.524. The van der Waals surface area contributed by atoms with Gasteiger partial charge in [-0.05, 0) is 24.3 Å². The van der Waals surface area contributed by atoms with E-state index in [-0.39, 0.29) is 0 Å². The molecule has 1 aromatic rings. The van der Waals surface area contributed by atoms with E-state index in [0.717, 1.165) is 0 Å². The van der Waals surface area contributed by atoms with Crippen LogP contribution in [0.4, 0.5) is 0 Å². The van der Waals surface area contributed by atoms with E-state index >= 15 is 0 Å². The molecule has 0 heterocycles. The second kappa shape index (κ2) is 2.52. The van der Waals surface area contributed by atoms with Crippen LogP contribution in [0.2, 0.25) is 5.02 Å². The van der Waals surface area contributed by atoms with Crippen molar-refractivity contribution in [1.29, 1.82) is 5.26 Å². The van der Waals surface area contributed by atoms with E-state index in [0.29, 0.717) is 10.6 Å². The summed E-state index contributed by atoms with van der Waals surface area (Å²) in [6.07, 6.45) is 0. The fourth-order valence-corrected chi connectivity index (χ4v) is 0.650. The molecular formula is C7H4ClN. The molecule has 0 radical (unpaired) electrons. The quantitative estimate of drug-likeness (QED) is 0.537. The zero-order valence-electron chi connectivity index (χ0n) is 4.63.